The van der Waals surface area contributed by atoms with Crippen molar-refractivity contribution in [1.29, 1.82) is 0 Å². The molecule has 2 aromatic rings. The highest BCUT2D eigenvalue weighted by atomic mass is 32.1. The number of rotatable bonds is 4. The van der Waals surface area contributed by atoms with E-state index in [2.05, 4.69) is 0 Å². The van der Waals surface area contributed by atoms with Crippen LogP contribution in [0.5, 0.6) is 0 Å². The van der Waals surface area contributed by atoms with E-state index in [1.807, 2.05) is 25.1 Å². The predicted octanol–water partition coefficient (Wildman–Crippen LogP) is 3.57. The molecule has 17 heavy (non-hydrogen) atoms. The molecule has 0 amide bonds. The van der Waals surface area contributed by atoms with E-state index in [4.69, 9.17) is 0 Å². The van der Waals surface area contributed by atoms with E-state index < -0.39 is 0 Å². The Morgan fingerprint density at radius 1 is 1.00 bits per heavy atom. The molecule has 1 aromatic carbocycles. The molecular weight excluding hydrogens is 232 g/mol. The van der Waals surface area contributed by atoms with Crippen LogP contribution in [0.3, 0.4) is 0 Å². The molecule has 2 rings (SSSR count). The lowest BCUT2D eigenvalue weighted by atomic mass is 10.1. The number of Topliss-reactive ketones (excluding diaryl/α,β-unsaturated/α-hetero) is 1. The average molecular weight is 244 g/mol. The maximum atomic E-state index is 12.1. The third kappa shape index (κ3) is 2.50. The SMILES string of the molecule is CCC(=O)c1ccc(C(=O)c2ccccc2)s1. The second-order valence-corrected chi connectivity index (χ2v) is 4.72. The number of thiophene rings is 1. The number of ketones is 2. The molecule has 1 aromatic heterocycles. The van der Waals surface area contributed by atoms with E-state index >= 15 is 0 Å². The van der Waals surface area contributed by atoms with Crippen molar-refractivity contribution in [2.75, 3.05) is 0 Å². The average Bonchev–Trinajstić information content (AvgIpc) is 2.87. The fourth-order valence-electron chi connectivity index (χ4n) is 1.52. The van der Waals surface area contributed by atoms with Gasteiger partial charge in [0.2, 0.25) is 5.78 Å². The van der Waals surface area contributed by atoms with Gasteiger partial charge in [-0.3, -0.25) is 9.59 Å². The van der Waals surface area contributed by atoms with E-state index in [1.54, 1.807) is 24.3 Å². The molecular formula is C14H12O2S. The largest absolute Gasteiger partial charge is 0.293 e. The molecule has 1 heterocycles. The Morgan fingerprint density at radius 3 is 2.29 bits per heavy atom. The van der Waals surface area contributed by atoms with Crippen LogP contribution < -0.4 is 0 Å². The number of carbonyl (C=O) groups is 2. The quantitative estimate of drug-likeness (QED) is 0.770. The van der Waals surface area contributed by atoms with Gasteiger partial charge in [-0.1, -0.05) is 37.3 Å². The molecule has 3 heteroatoms. The molecule has 0 aliphatic carbocycles. The van der Waals surface area contributed by atoms with Gasteiger partial charge >= 0.3 is 0 Å². The van der Waals surface area contributed by atoms with Crippen molar-refractivity contribution >= 4 is 22.9 Å². The van der Waals surface area contributed by atoms with Gasteiger partial charge in [-0.05, 0) is 12.1 Å². The molecule has 0 atom stereocenters. The summed E-state index contributed by atoms with van der Waals surface area (Å²) in [5, 5.41) is 0. The van der Waals surface area contributed by atoms with Crippen LogP contribution in [0.4, 0.5) is 0 Å². The van der Waals surface area contributed by atoms with E-state index in [0.717, 1.165) is 0 Å². The van der Waals surface area contributed by atoms with Crippen molar-refractivity contribution in [3.8, 4) is 0 Å². The third-order valence-corrected chi connectivity index (χ3v) is 3.59. The fraction of sp³-hybridized carbons (Fsp3) is 0.143. The molecule has 0 radical (unpaired) electrons. The molecule has 0 N–H and O–H groups in total. The van der Waals surface area contributed by atoms with Crippen molar-refractivity contribution in [2.45, 2.75) is 13.3 Å². The van der Waals surface area contributed by atoms with Crippen molar-refractivity contribution in [3.05, 3.63) is 57.8 Å². The molecule has 0 saturated heterocycles. The molecule has 2 nitrogen and oxygen atoms in total. The van der Waals surface area contributed by atoms with Gasteiger partial charge < -0.3 is 0 Å². The van der Waals surface area contributed by atoms with Gasteiger partial charge in [0.1, 0.15) is 0 Å². The molecule has 0 aliphatic rings. The highest BCUT2D eigenvalue weighted by Crippen LogP contribution is 2.21. The molecule has 0 aliphatic heterocycles. The zero-order valence-electron chi connectivity index (χ0n) is 9.47. The van der Waals surface area contributed by atoms with Gasteiger partial charge in [-0.15, -0.1) is 11.3 Å². The molecule has 0 saturated carbocycles. The predicted molar refractivity (Wildman–Crippen MR) is 68.8 cm³/mol. The first kappa shape index (κ1) is 11.7. The maximum absolute atomic E-state index is 12.1. The summed E-state index contributed by atoms with van der Waals surface area (Å²) in [4.78, 5) is 24.8. The molecule has 86 valence electrons. The number of benzene rings is 1. The summed E-state index contributed by atoms with van der Waals surface area (Å²) in [7, 11) is 0. The Morgan fingerprint density at radius 2 is 1.65 bits per heavy atom. The lowest BCUT2D eigenvalue weighted by Crippen LogP contribution is -1.97. The van der Waals surface area contributed by atoms with Crippen LogP contribution in [-0.2, 0) is 0 Å². The van der Waals surface area contributed by atoms with E-state index in [-0.39, 0.29) is 11.6 Å². The van der Waals surface area contributed by atoms with Crippen LogP contribution in [0, 0.1) is 0 Å². The number of carbonyl (C=O) groups excluding carboxylic acids is 2. The zero-order chi connectivity index (χ0) is 12.3. The van der Waals surface area contributed by atoms with Gasteiger partial charge in [0, 0.05) is 12.0 Å². The van der Waals surface area contributed by atoms with Crippen LogP contribution in [-0.4, -0.2) is 11.6 Å². The van der Waals surface area contributed by atoms with Crippen LogP contribution in [0.15, 0.2) is 42.5 Å². The summed E-state index contributed by atoms with van der Waals surface area (Å²) in [6.45, 7) is 1.82. The summed E-state index contributed by atoms with van der Waals surface area (Å²) in [6, 6.07) is 12.6. The van der Waals surface area contributed by atoms with Crippen LogP contribution in [0.2, 0.25) is 0 Å². The monoisotopic (exact) mass is 244 g/mol. The Kier molecular flexibility index (Phi) is 3.49. The second kappa shape index (κ2) is 5.06. The number of hydrogen-bond donors (Lipinski definition) is 0. The highest BCUT2D eigenvalue weighted by Gasteiger charge is 2.13. The van der Waals surface area contributed by atoms with Gasteiger partial charge in [0.05, 0.1) is 9.75 Å². The first-order chi connectivity index (χ1) is 8.22. The van der Waals surface area contributed by atoms with Gasteiger partial charge in [-0.2, -0.15) is 0 Å². The minimum Gasteiger partial charge on any atom is -0.293 e. The molecule has 0 unspecified atom stereocenters. The molecule has 0 bridgehead atoms. The first-order valence-electron chi connectivity index (χ1n) is 5.45. The smallest absolute Gasteiger partial charge is 0.202 e. The topological polar surface area (TPSA) is 34.1 Å². The Balaban J connectivity index is 2.27. The van der Waals surface area contributed by atoms with Crippen molar-refractivity contribution < 1.29 is 9.59 Å². The summed E-state index contributed by atoms with van der Waals surface area (Å²) in [5.41, 5.74) is 0.657. The van der Waals surface area contributed by atoms with Crippen molar-refractivity contribution in [1.82, 2.24) is 0 Å². The maximum Gasteiger partial charge on any atom is 0.202 e. The van der Waals surface area contributed by atoms with E-state index in [9.17, 15) is 9.59 Å². The normalized spacial score (nSPS) is 10.2. The Labute approximate surface area is 104 Å². The van der Waals surface area contributed by atoms with Crippen LogP contribution >= 0.6 is 11.3 Å². The summed E-state index contributed by atoms with van der Waals surface area (Å²) in [5.74, 6) is 0.0628. The lowest BCUT2D eigenvalue weighted by Gasteiger charge is -1.96. The fourth-order valence-corrected chi connectivity index (χ4v) is 2.49. The Hall–Kier alpha value is -1.74. The van der Waals surface area contributed by atoms with E-state index in [0.29, 0.717) is 21.7 Å². The van der Waals surface area contributed by atoms with Gasteiger partial charge in [-0.25, -0.2) is 0 Å². The second-order valence-electron chi connectivity index (χ2n) is 3.64. The minimum atomic E-state index is -0.0225. The van der Waals surface area contributed by atoms with E-state index in [1.165, 1.54) is 11.3 Å². The first-order valence-corrected chi connectivity index (χ1v) is 6.27. The standard InChI is InChI=1S/C14H12O2S/c1-2-11(15)12-8-9-13(17-12)14(16)10-6-4-3-5-7-10/h3-9H,2H2,1H3. The highest BCUT2D eigenvalue weighted by molar-refractivity contribution is 7.16. The van der Waals surface area contributed by atoms with Crippen LogP contribution in [0.1, 0.15) is 38.3 Å². The van der Waals surface area contributed by atoms with Crippen molar-refractivity contribution in [2.24, 2.45) is 0 Å². The van der Waals surface area contributed by atoms with Gasteiger partial charge in [0.25, 0.3) is 0 Å². The molecule has 0 spiro atoms. The third-order valence-electron chi connectivity index (χ3n) is 2.46. The number of hydrogen-bond acceptors (Lipinski definition) is 3. The summed E-state index contributed by atoms with van der Waals surface area (Å²) < 4.78 is 0. The minimum absolute atomic E-state index is 0.0225. The van der Waals surface area contributed by atoms with Crippen molar-refractivity contribution in [3.63, 3.8) is 0 Å². The van der Waals surface area contributed by atoms with Gasteiger partial charge in [0.15, 0.2) is 5.78 Å². The zero-order valence-corrected chi connectivity index (χ0v) is 10.3. The summed E-state index contributed by atoms with van der Waals surface area (Å²) in [6.07, 6.45) is 0.472. The molecule has 0 fully saturated rings. The Bertz CT molecular complexity index is 540. The summed E-state index contributed by atoms with van der Waals surface area (Å²) >= 11 is 1.27. The van der Waals surface area contributed by atoms with Crippen LogP contribution in [0.25, 0.3) is 0 Å². The lowest BCUT2D eigenvalue weighted by molar-refractivity contribution is 0.0991.